The van der Waals surface area contributed by atoms with Gasteiger partial charge in [-0.05, 0) is 18.2 Å². The van der Waals surface area contributed by atoms with E-state index in [2.05, 4.69) is 10.3 Å². The van der Waals surface area contributed by atoms with E-state index in [4.69, 9.17) is 4.74 Å². The summed E-state index contributed by atoms with van der Waals surface area (Å²) in [6, 6.07) is 3.96. The van der Waals surface area contributed by atoms with Gasteiger partial charge >= 0.3 is 0 Å². The second kappa shape index (κ2) is 6.55. The molecule has 0 saturated heterocycles. The molecule has 120 valence electrons. The number of rotatable bonds is 4. The van der Waals surface area contributed by atoms with Crippen LogP contribution in [0.15, 0.2) is 18.2 Å². The molecule has 0 fully saturated rings. The number of amides is 1. The number of hydrogen-bond acceptors (Lipinski definition) is 7. The lowest BCUT2D eigenvalue weighted by Crippen LogP contribution is -2.12. The van der Waals surface area contributed by atoms with Gasteiger partial charge in [-0.15, -0.1) is 11.3 Å². The van der Waals surface area contributed by atoms with Crippen LogP contribution in [0.1, 0.15) is 20.9 Å². The van der Waals surface area contributed by atoms with E-state index >= 15 is 0 Å². The number of thiazole rings is 1. The number of fused-ring (bicyclic) bond motifs is 1. The smallest absolute Gasteiger partial charge is 0.273 e. The highest BCUT2D eigenvalue weighted by Gasteiger charge is 2.19. The number of non-ortho nitro benzene ring substituents is 1. The zero-order chi connectivity index (χ0) is 16.4. The Balaban J connectivity index is 1.84. The monoisotopic (exact) mass is 351 g/mol. The first-order valence-corrected chi connectivity index (χ1v) is 8.75. The molecule has 1 aliphatic heterocycles. The Hall–Kier alpha value is -2.13. The molecule has 1 N–H and O–H groups in total. The number of thioether (sulfide) groups is 1. The summed E-state index contributed by atoms with van der Waals surface area (Å²) in [5.74, 6) is 1.77. The van der Waals surface area contributed by atoms with Crippen molar-refractivity contribution in [1.29, 1.82) is 0 Å². The van der Waals surface area contributed by atoms with Crippen LogP contribution in [0, 0.1) is 10.1 Å². The number of anilines is 1. The van der Waals surface area contributed by atoms with Crippen molar-refractivity contribution in [2.45, 2.75) is 12.2 Å². The largest absolute Gasteiger partial charge is 0.496 e. The Morgan fingerprint density at radius 3 is 2.96 bits per heavy atom. The lowest BCUT2D eigenvalue weighted by molar-refractivity contribution is -0.384. The zero-order valence-electron chi connectivity index (χ0n) is 12.2. The molecule has 0 spiro atoms. The summed E-state index contributed by atoms with van der Waals surface area (Å²) in [6.45, 7) is 0. The van der Waals surface area contributed by atoms with E-state index in [0.717, 1.165) is 23.6 Å². The van der Waals surface area contributed by atoms with Gasteiger partial charge in [0.05, 0.1) is 29.4 Å². The molecule has 0 saturated carbocycles. The van der Waals surface area contributed by atoms with Crippen LogP contribution in [0.2, 0.25) is 0 Å². The first-order valence-electron chi connectivity index (χ1n) is 6.78. The summed E-state index contributed by atoms with van der Waals surface area (Å²) < 4.78 is 5.01. The van der Waals surface area contributed by atoms with Gasteiger partial charge in [-0.1, -0.05) is 0 Å². The van der Waals surface area contributed by atoms with Crippen molar-refractivity contribution in [3.8, 4) is 5.75 Å². The Labute approximate surface area is 140 Å². The molecule has 23 heavy (non-hydrogen) atoms. The van der Waals surface area contributed by atoms with Crippen LogP contribution in [0.5, 0.6) is 5.75 Å². The van der Waals surface area contributed by atoms with Gasteiger partial charge < -0.3 is 4.74 Å². The van der Waals surface area contributed by atoms with Crippen molar-refractivity contribution in [3.05, 3.63) is 44.4 Å². The molecule has 1 aromatic heterocycles. The minimum Gasteiger partial charge on any atom is -0.496 e. The molecule has 1 aliphatic rings. The number of ether oxygens (including phenoxy) is 1. The van der Waals surface area contributed by atoms with E-state index < -0.39 is 10.8 Å². The summed E-state index contributed by atoms with van der Waals surface area (Å²) in [4.78, 5) is 28.3. The number of nitro benzene ring substituents is 1. The van der Waals surface area contributed by atoms with Crippen LogP contribution < -0.4 is 10.1 Å². The van der Waals surface area contributed by atoms with E-state index in [1.807, 2.05) is 11.8 Å². The highest BCUT2D eigenvalue weighted by molar-refractivity contribution is 7.98. The molecule has 0 bridgehead atoms. The highest BCUT2D eigenvalue weighted by Crippen LogP contribution is 2.32. The second-order valence-corrected chi connectivity index (χ2v) is 7.01. The average Bonchev–Trinajstić information content (AvgIpc) is 2.96. The maximum atomic E-state index is 12.3. The van der Waals surface area contributed by atoms with Crippen LogP contribution in [0.4, 0.5) is 10.8 Å². The maximum absolute atomic E-state index is 12.3. The molecule has 9 heteroatoms. The number of methoxy groups -OCH3 is 1. The van der Waals surface area contributed by atoms with Gasteiger partial charge in [-0.3, -0.25) is 20.2 Å². The molecule has 2 aromatic rings. The zero-order valence-corrected chi connectivity index (χ0v) is 13.8. The topological polar surface area (TPSA) is 94.4 Å². The van der Waals surface area contributed by atoms with Gasteiger partial charge in [0.25, 0.3) is 11.6 Å². The molecule has 0 atom stereocenters. The molecular formula is C14H13N3O4S2. The van der Waals surface area contributed by atoms with Gasteiger partial charge in [0.1, 0.15) is 5.75 Å². The number of benzene rings is 1. The van der Waals surface area contributed by atoms with E-state index in [1.54, 1.807) is 0 Å². The van der Waals surface area contributed by atoms with Crippen molar-refractivity contribution in [2.75, 3.05) is 18.2 Å². The molecule has 0 unspecified atom stereocenters. The number of aromatic nitrogens is 1. The number of nitrogens with zero attached hydrogens (tertiary/aromatic N) is 2. The molecule has 0 radical (unpaired) electrons. The van der Waals surface area contributed by atoms with Gasteiger partial charge in [-0.25, -0.2) is 4.98 Å². The van der Waals surface area contributed by atoms with Gasteiger partial charge in [0, 0.05) is 16.7 Å². The number of hydrogen-bond donors (Lipinski definition) is 1. The van der Waals surface area contributed by atoms with Crippen LogP contribution in [0.3, 0.4) is 0 Å². The molecule has 1 aromatic carbocycles. The third-order valence-electron chi connectivity index (χ3n) is 3.32. The Morgan fingerprint density at radius 1 is 1.43 bits per heavy atom. The quantitative estimate of drug-likeness (QED) is 0.672. The summed E-state index contributed by atoms with van der Waals surface area (Å²) in [5, 5.41) is 14.2. The predicted molar refractivity (Wildman–Crippen MR) is 89.6 cm³/mol. The molecule has 1 amide bonds. The minimum atomic E-state index is -0.557. The van der Waals surface area contributed by atoms with E-state index in [0.29, 0.717) is 5.13 Å². The first-order chi connectivity index (χ1) is 11.1. The number of nitrogens with one attached hydrogen (secondary N) is 1. The Morgan fingerprint density at radius 2 is 2.26 bits per heavy atom. The summed E-state index contributed by atoms with van der Waals surface area (Å²) >= 11 is 3.29. The van der Waals surface area contributed by atoms with Crippen LogP contribution in [-0.2, 0) is 12.2 Å². The number of carbonyl (C=O) groups is 1. The fourth-order valence-corrected chi connectivity index (χ4v) is 4.30. The number of aryl methyl sites for hydroxylation is 1. The molecule has 0 aliphatic carbocycles. The highest BCUT2D eigenvalue weighted by atomic mass is 32.2. The third kappa shape index (κ3) is 3.45. The Bertz CT molecular complexity index is 752. The normalized spacial score (nSPS) is 13.3. The van der Waals surface area contributed by atoms with Crippen LogP contribution in [-0.4, -0.2) is 28.7 Å². The number of nitro groups is 1. The van der Waals surface area contributed by atoms with Crippen molar-refractivity contribution in [3.63, 3.8) is 0 Å². The first kappa shape index (κ1) is 15.8. The molecule has 7 nitrogen and oxygen atoms in total. The minimum absolute atomic E-state index is 0.165. The summed E-state index contributed by atoms with van der Waals surface area (Å²) in [7, 11) is 1.40. The van der Waals surface area contributed by atoms with E-state index in [1.165, 1.54) is 41.5 Å². The maximum Gasteiger partial charge on any atom is 0.273 e. The van der Waals surface area contributed by atoms with Crippen molar-refractivity contribution in [2.24, 2.45) is 0 Å². The van der Waals surface area contributed by atoms with Crippen molar-refractivity contribution in [1.82, 2.24) is 4.98 Å². The number of carbonyl (C=O) groups excluding carboxylic acids is 1. The fraction of sp³-hybridized carbons (Fsp3) is 0.286. The Kier molecular flexibility index (Phi) is 4.49. The molecule has 2 heterocycles. The second-order valence-electron chi connectivity index (χ2n) is 4.82. The predicted octanol–water partition coefficient (Wildman–Crippen LogP) is 3.10. The van der Waals surface area contributed by atoms with Crippen molar-refractivity contribution < 1.29 is 14.5 Å². The summed E-state index contributed by atoms with van der Waals surface area (Å²) in [6.07, 6.45) is 0.900. The standard InChI is InChI=1S/C14H13N3O4S2/c1-21-10-5-8(4-9(6-10)17(19)20)13(18)16-14-15-11-2-3-22-7-12(11)23-14/h4-6H,2-3,7H2,1H3,(H,15,16,18). The van der Waals surface area contributed by atoms with E-state index in [-0.39, 0.29) is 17.0 Å². The van der Waals surface area contributed by atoms with Crippen LogP contribution in [0.25, 0.3) is 0 Å². The molecule has 3 rings (SSSR count). The molecular weight excluding hydrogens is 338 g/mol. The average molecular weight is 351 g/mol. The SMILES string of the molecule is COc1cc(C(=O)Nc2nc3c(s2)CSCC3)cc([N+](=O)[O-])c1. The fourth-order valence-electron chi connectivity index (χ4n) is 2.19. The summed E-state index contributed by atoms with van der Waals surface area (Å²) in [5.41, 5.74) is 1.00. The third-order valence-corrected chi connectivity index (χ3v) is 5.50. The van der Waals surface area contributed by atoms with Gasteiger partial charge in [0.15, 0.2) is 5.13 Å². The van der Waals surface area contributed by atoms with Gasteiger partial charge in [0.2, 0.25) is 0 Å². The van der Waals surface area contributed by atoms with Crippen LogP contribution >= 0.6 is 23.1 Å². The van der Waals surface area contributed by atoms with Crippen molar-refractivity contribution >= 4 is 39.8 Å². The lowest BCUT2D eigenvalue weighted by atomic mass is 10.2. The van der Waals surface area contributed by atoms with E-state index in [9.17, 15) is 14.9 Å². The lowest BCUT2D eigenvalue weighted by Gasteiger charge is -2.06. The van der Waals surface area contributed by atoms with Gasteiger partial charge in [-0.2, -0.15) is 11.8 Å².